The van der Waals surface area contributed by atoms with Crippen LogP contribution in [-0.2, 0) is 11.8 Å². The molecule has 0 saturated heterocycles. The fourth-order valence-corrected chi connectivity index (χ4v) is 11.3. The van der Waals surface area contributed by atoms with Crippen LogP contribution < -0.4 is 15.9 Å². The normalized spacial score (nSPS) is 12.3. The topological polar surface area (TPSA) is 43.6 Å². The summed E-state index contributed by atoms with van der Waals surface area (Å²) in [6.07, 6.45) is 1.61. The first-order valence-electron chi connectivity index (χ1n) is 15.0. The molecule has 0 amide bonds. The number of hydrogen-bond donors (Lipinski definition) is 0. The second kappa shape index (κ2) is 10.9. The van der Waals surface area contributed by atoms with Crippen molar-refractivity contribution >= 4 is 67.3 Å². The lowest BCUT2D eigenvalue weighted by molar-refractivity contribution is 1.05. The highest BCUT2D eigenvalue weighted by Crippen LogP contribution is 2.47. The van der Waals surface area contributed by atoms with Gasteiger partial charge in [-0.3, -0.25) is 0 Å². The molecule has 0 radical (unpaired) electrons. The van der Waals surface area contributed by atoms with Gasteiger partial charge in [0.2, 0.25) is 0 Å². The van der Waals surface area contributed by atoms with E-state index in [4.69, 9.17) is 16.8 Å². The number of nitrogens with zero attached hydrogens (tertiary/aromatic N) is 4. The summed E-state index contributed by atoms with van der Waals surface area (Å²) in [5, 5.41) is 6.04. The van der Waals surface area contributed by atoms with E-state index in [1.165, 1.54) is 47.9 Å². The van der Waals surface area contributed by atoms with Crippen LogP contribution in [-0.4, -0.2) is 19.5 Å². The third-order valence-corrected chi connectivity index (χ3v) is 14.7. The highest BCUT2D eigenvalue weighted by atomic mass is 32.4. The Morgan fingerprint density at radius 3 is 1.89 bits per heavy atom. The Kier molecular flexibility index (Phi) is 6.49. The molecule has 6 aromatic carbocycles. The molecule has 0 N–H and O–H groups in total. The van der Waals surface area contributed by atoms with E-state index in [0.29, 0.717) is 11.6 Å². The summed E-state index contributed by atoms with van der Waals surface area (Å²) >= 11 is 8.33. The number of rotatable bonds is 5. The minimum Gasteiger partial charge on any atom is -0.307 e. The molecule has 46 heavy (non-hydrogen) atoms. The van der Waals surface area contributed by atoms with Crippen LogP contribution in [0, 0.1) is 0 Å². The third-order valence-electron chi connectivity index (χ3n) is 8.64. The predicted molar refractivity (Wildman–Crippen MR) is 195 cm³/mol. The number of benzene rings is 6. The zero-order valence-electron chi connectivity index (χ0n) is 24.5. The Bertz CT molecular complexity index is 2430. The van der Waals surface area contributed by atoms with Crippen LogP contribution in [0.1, 0.15) is 0 Å². The number of aromatic nitrogens is 4. The summed E-state index contributed by atoms with van der Waals surface area (Å²) in [5.41, 5.74) is 5.55. The smallest absolute Gasteiger partial charge is 0.163 e. The maximum atomic E-state index is 6.53. The minimum atomic E-state index is -2.23. The van der Waals surface area contributed by atoms with E-state index in [0.717, 1.165) is 16.4 Å². The van der Waals surface area contributed by atoms with Crippen LogP contribution in [0.15, 0.2) is 162 Å². The van der Waals surface area contributed by atoms with Gasteiger partial charge in [0.15, 0.2) is 11.6 Å². The number of fused-ring (bicyclic) bond motifs is 5. The molecule has 218 valence electrons. The van der Waals surface area contributed by atoms with Gasteiger partial charge in [0, 0.05) is 37.7 Å². The van der Waals surface area contributed by atoms with Crippen LogP contribution in [0.25, 0.3) is 50.3 Å². The first kappa shape index (κ1) is 27.4. The molecule has 4 nitrogen and oxygen atoms in total. The summed E-state index contributed by atoms with van der Waals surface area (Å²) in [4.78, 5) is 16.5. The van der Waals surface area contributed by atoms with E-state index in [2.05, 4.69) is 148 Å². The van der Waals surface area contributed by atoms with Gasteiger partial charge in [0.25, 0.3) is 0 Å². The molecule has 0 bridgehead atoms. The SMILES string of the molecule is S=P(c1ccccc1)(c1ccccc1)c1ccc(-c2ncnc(-c3ccc4c(c3)Sc3cccc5c6ccccc6n-4c35)n2)cc1. The highest BCUT2D eigenvalue weighted by Gasteiger charge is 2.25. The van der Waals surface area contributed by atoms with Gasteiger partial charge in [0.05, 0.1) is 16.7 Å². The molecule has 3 heterocycles. The van der Waals surface area contributed by atoms with Gasteiger partial charge in [-0.2, -0.15) is 0 Å². The molecule has 0 atom stereocenters. The Hall–Kier alpha value is -4.87. The first-order chi connectivity index (χ1) is 22.7. The van der Waals surface area contributed by atoms with Crippen molar-refractivity contribution in [2.45, 2.75) is 9.79 Å². The molecule has 2 aromatic heterocycles. The zero-order chi connectivity index (χ0) is 30.7. The molecular weight excluding hydrogens is 620 g/mol. The first-order valence-corrected chi connectivity index (χ1v) is 18.7. The Morgan fingerprint density at radius 2 is 1.15 bits per heavy atom. The molecular formula is C39H25N4PS2. The summed E-state index contributed by atoms with van der Waals surface area (Å²) in [6.45, 7) is 0. The number of hydrogen-bond acceptors (Lipinski definition) is 5. The Balaban J connectivity index is 1.09. The monoisotopic (exact) mass is 644 g/mol. The molecule has 1 aliphatic rings. The van der Waals surface area contributed by atoms with E-state index in [9.17, 15) is 0 Å². The van der Waals surface area contributed by atoms with Crippen molar-refractivity contribution < 1.29 is 0 Å². The molecule has 0 fully saturated rings. The van der Waals surface area contributed by atoms with Crippen LogP contribution in [0.5, 0.6) is 0 Å². The average Bonchev–Trinajstić information content (AvgIpc) is 3.48. The predicted octanol–water partition coefficient (Wildman–Crippen LogP) is 8.52. The molecule has 0 spiro atoms. The van der Waals surface area contributed by atoms with Crippen molar-refractivity contribution in [1.82, 2.24) is 19.5 Å². The fourth-order valence-electron chi connectivity index (χ4n) is 6.48. The summed E-state index contributed by atoms with van der Waals surface area (Å²) in [5.74, 6) is 1.29. The fraction of sp³-hybridized carbons (Fsp3) is 0. The van der Waals surface area contributed by atoms with Crippen LogP contribution in [0.4, 0.5) is 0 Å². The second-order valence-electron chi connectivity index (χ2n) is 11.2. The van der Waals surface area contributed by atoms with E-state index < -0.39 is 6.04 Å². The van der Waals surface area contributed by atoms with Gasteiger partial charge in [-0.25, -0.2) is 15.0 Å². The largest absolute Gasteiger partial charge is 0.307 e. The van der Waals surface area contributed by atoms with Crippen molar-refractivity contribution in [3.05, 3.63) is 152 Å². The molecule has 0 aliphatic carbocycles. The maximum Gasteiger partial charge on any atom is 0.163 e. The van der Waals surface area contributed by atoms with Crippen molar-refractivity contribution in [3.8, 4) is 28.5 Å². The molecule has 0 saturated carbocycles. The molecule has 1 aliphatic heterocycles. The van der Waals surface area contributed by atoms with Crippen molar-refractivity contribution in [1.29, 1.82) is 0 Å². The second-order valence-corrected chi connectivity index (χ2v) is 16.7. The molecule has 8 aromatic rings. The van der Waals surface area contributed by atoms with Crippen molar-refractivity contribution in [2.75, 3.05) is 0 Å². The zero-order valence-corrected chi connectivity index (χ0v) is 27.0. The van der Waals surface area contributed by atoms with E-state index in [1.807, 2.05) is 12.1 Å². The van der Waals surface area contributed by atoms with Gasteiger partial charge in [-0.15, -0.1) is 0 Å². The minimum absolute atomic E-state index is 0.637. The highest BCUT2D eigenvalue weighted by molar-refractivity contribution is 8.25. The van der Waals surface area contributed by atoms with Gasteiger partial charge >= 0.3 is 0 Å². The Labute approximate surface area is 275 Å². The number of para-hydroxylation sites is 2. The van der Waals surface area contributed by atoms with Crippen LogP contribution in [0.3, 0.4) is 0 Å². The van der Waals surface area contributed by atoms with Gasteiger partial charge in [-0.05, 0) is 46.2 Å². The van der Waals surface area contributed by atoms with E-state index in [-0.39, 0.29) is 0 Å². The summed E-state index contributed by atoms with van der Waals surface area (Å²) in [6, 6.07) is 48.9. The Morgan fingerprint density at radius 1 is 0.543 bits per heavy atom. The maximum absolute atomic E-state index is 6.53. The van der Waals surface area contributed by atoms with E-state index >= 15 is 0 Å². The molecule has 0 unspecified atom stereocenters. The molecule has 9 rings (SSSR count). The lowest BCUT2D eigenvalue weighted by Gasteiger charge is -2.24. The summed E-state index contributed by atoms with van der Waals surface area (Å²) in [7, 11) is 0. The standard InChI is InChI=1S/C39H25N4PS2/c45-44(28-10-3-1-4-11-28,29-12-5-2-6-13-29)30-21-18-26(19-22-30)38-40-25-41-39(42-38)27-20-23-34-36(24-27)46-35-17-9-15-32-31-14-7-8-16-33(31)43(34)37(32)35/h1-25H. The quantitative estimate of drug-likeness (QED) is 0.176. The third kappa shape index (κ3) is 4.29. The summed E-state index contributed by atoms with van der Waals surface area (Å²) < 4.78 is 2.39. The average molecular weight is 645 g/mol. The lowest BCUT2D eigenvalue weighted by Crippen LogP contribution is -2.24. The van der Waals surface area contributed by atoms with Gasteiger partial charge < -0.3 is 4.57 Å². The van der Waals surface area contributed by atoms with Crippen LogP contribution >= 0.6 is 17.8 Å². The molecule has 7 heteroatoms. The van der Waals surface area contributed by atoms with Crippen LogP contribution in [0.2, 0.25) is 0 Å². The van der Waals surface area contributed by atoms with E-state index in [1.54, 1.807) is 18.1 Å². The lowest BCUT2D eigenvalue weighted by atomic mass is 10.1. The van der Waals surface area contributed by atoms with Crippen molar-refractivity contribution in [3.63, 3.8) is 0 Å². The van der Waals surface area contributed by atoms with Crippen molar-refractivity contribution in [2.24, 2.45) is 0 Å². The van der Waals surface area contributed by atoms with Gasteiger partial charge in [0.1, 0.15) is 6.33 Å². The van der Waals surface area contributed by atoms with Gasteiger partial charge in [-0.1, -0.05) is 139 Å².